The zero-order valence-electron chi connectivity index (χ0n) is 11.5. The van der Waals surface area contributed by atoms with Crippen LogP contribution in [0.3, 0.4) is 0 Å². The van der Waals surface area contributed by atoms with Crippen molar-refractivity contribution in [3.63, 3.8) is 0 Å². The summed E-state index contributed by atoms with van der Waals surface area (Å²) in [6.07, 6.45) is -2.52. The summed E-state index contributed by atoms with van der Waals surface area (Å²) in [5.74, 6) is -0.129. The van der Waals surface area contributed by atoms with Gasteiger partial charge >= 0.3 is 0 Å². The SMILES string of the molecule is CO[C@@H]1[C@H]2O[C@H]3O[C@@H]1C(=O)[C@@H](O3)[C@H]2OCc1ccccc1. The van der Waals surface area contributed by atoms with Crippen molar-refractivity contribution in [2.75, 3.05) is 7.11 Å². The van der Waals surface area contributed by atoms with Crippen LogP contribution in [0, 0.1) is 0 Å². The fraction of sp³-hybridized carbons (Fsp3) is 0.533. The van der Waals surface area contributed by atoms with Crippen molar-refractivity contribution in [1.29, 1.82) is 0 Å². The number of hydrogen-bond acceptors (Lipinski definition) is 6. The van der Waals surface area contributed by atoms with Gasteiger partial charge in [-0.05, 0) is 5.56 Å². The zero-order valence-corrected chi connectivity index (χ0v) is 11.5. The molecule has 3 heterocycles. The average molecular weight is 292 g/mol. The van der Waals surface area contributed by atoms with Crippen LogP contribution < -0.4 is 0 Å². The number of carbonyl (C=O) groups is 1. The fourth-order valence-electron chi connectivity index (χ4n) is 3.13. The van der Waals surface area contributed by atoms with Gasteiger partial charge < -0.3 is 23.7 Å². The summed E-state index contributed by atoms with van der Waals surface area (Å²) in [5, 5.41) is 0. The highest BCUT2D eigenvalue weighted by Crippen LogP contribution is 2.40. The minimum atomic E-state index is -0.786. The maximum atomic E-state index is 12.3. The molecule has 21 heavy (non-hydrogen) atoms. The lowest BCUT2D eigenvalue weighted by atomic mass is 9.83. The molecule has 1 aliphatic carbocycles. The first-order valence-corrected chi connectivity index (χ1v) is 6.96. The van der Waals surface area contributed by atoms with Crippen molar-refractivity contribution in [1.82, 2.24) is 0 Å². The Labute approximate surface area is 121 Å². The number of Topliss-reactive ketones (excluding diaryl/α,β-unsaturated/α-hetero) is 1. The van der Waals surface area contributed by atoms with Crippen LogP contribution in [0.25, 0.3) is 0 Å². The molecular weight excluding hydrogens is 276 g/mol. The molecule has 1 saturated carbocycles. The molecule has 0 N–H and O–H groups in total. The Morgan fingerprint density at radius 2 is 1.76 bits per heavy atom. The first-order chi connectivity index (χ1) is 10.3. The third kappa shape index (κ3) is 2.11. The van der Waals surface area contributed by atoms with Gasteiger partial charge in [-0.15, -0.1) is 0 Å². The Morgan fingerprint density at radius 1 is 1.05 bits per heavy atom. The van der Waals surface area contributed by atoms with Crippen LogP contribution in [0.5, 0.6) is 0 Å². The maximum Gasteiger partial charge on any atom is 0.273 e. The molecule has 1 aromatic carbocycles. The largest absolute Gasteiger partial charge is 0.375 e. The number of benzene rings is 1. The van der Waals surface area contributed by atoms with E-state index in [1.54, 1.807) is 7.11 Å². The van der Waals surface area contributed by atoms with Crippen molar-refractivity contribution < 1.29 is 28.5 Å². The van der Waals surface area contributed by atoms with Crippen molar-refractivity contribution in [3.05, 3.63) is 35.9 Å². The Bertz CT molecular complexity index is 532. The molecule has 6 nitrogen and oxygen atoms in total. The van der Waals surface area contributed by atoms with E-state index in [4.69, 9.17) is 23.7 Å². The maximum absolute atomic E-state index is 12.3. The van der Waals surface area contributed by atoms with Crippen molar-refractivity contribution in [2.24, 2.45) is 0 Å². The second kappa shape index (κ2) is 5.15. The third-order valence-corrected chi connectivity index (χ3v) is 4.15. The van der Waals surface area contributed by atoms with Crippen LogP contribution in [-0.4, -0.2) is 49.9 Å². The van der Waals surface area contributed by atoms with E-state index in [1.165, 1.54) is 0 Å². The van der Waals surface area contributed by atoms with Crippen molar-refractivity contribution in [2.45, 2.75) is 43.6 Å². The second-order valence-corrected chi connectivity index (χ2v) is 5.37. The molecule has 5 rings (SSSR count). The summed E-state index contributed by atoms with van der Waals surface area (Å²) >= 11 is 0. The molecular formula is C15H16O6. The molecule has 3 saturated heterocycles. The van der Waals surface area contributed by atoms with Gasteiger partial charge in [-0.1, -0.05) is 30.3 Å². The van der Waals surface area contributed by atoms with Crippen LogP contribution in [0.15, 0.2) is 30.3 Å². The van der Waals surface area contributed by atoms with E-state index in [2.05, 4.69) is 0 Å². The lowest BCUT2D eigenvalue weighted by Crippen LogP contribution is -2.74. The minimum absolute atomic E-state index is 0.129. The normalized spacial score (nSPS) is 40.7. The van der Waals surface area contributed by atoms with Gasteiger partial charge in [0.1, 0.15) is 18.3 Å². The van der Waals surface area contributed by atoms with Gasteiger partial charge in [-0.3, -0.25) is 4.79 Å². The second-order valence-electron chi connectivity index (χ2n) is 5.37. The lowest BCUT2D eigenvalue weighted by Gasteiger charge is -2.54. The number of hydrogen-bond donors (Lipinski definition) is 0. The lowest BCUT2D eigenvalue weighted by molar-refractivity contribution is -0.444. The van der Waals surface area contributed by atoms with E-state index < -0.39 is 30.9 Å². The number of ketones is 1. The molecule has 0 unspecified atom stereocenters. The molecule has 0 aromatic heterocycles. The minimum Gasteiger partial charge on any atom is -0.375 e. The molecule has 3 aliphatic heterocycles. The number of rotatable bonds is 4. The van der Waals surface area contributed by atoms with Gasteiger partial charge in [0.25, 0.3) is 6.48 Å². The Morgan fingerprint density at radius 3 is 2.48 bits per heavy atom. The van der Waals surface area contributed by atoms with Gasteiger partial charge in [0.2, 0.25) is 0 Å². The quantitative estimate of drug-likeness (QED) is 0.811. The summed E-state index contributed by atoms with van der Waals surface area (Å²) < 4.78 is 27.7. The first-order valence-electron chi connectivity index (χ1n) is 6.96. The average Bonchev–Trinajstić information content (AvgIpc) is 2.52. The topological polar surface area (TPSA) is 63.2 Å². The molecule has 0 radical (unpaired) electrons. The van der Waals surface area contributed by atoms with E-state index in [-0.39, 0.29) is 11.9 Å². The molecule has 1 aromatic rings. The monoisotopic (exact) mass is 292 g/mol. The summed E-state index contributed by atoms with van der Waals surface area (Å²) in [6, 6.07) is 9.77. The highest BCUT2D eigenvalue weighted by atomic mass is 16.9. The molecule has 6 heteroatoms. The van der Waals surface area contributed by atoms with Crippen LogP contribution in [0.4, 0.5) is 0 Å². The molecule has 0 spiro atoms. The summed E-state index contributed by atoms with van der Waals surface area (Å²) in [6.45, 7) is -0.392. The van der Waals surface area contributed by atoms with E-state index in [0.717, 1.165) is 5.56 Å². The van der Waals surface area contributed by atoms with Gasteiger partial charge in [0.05, 0.1) is 6.61 Å². The Kier molecular flexibility index (Phi) is 3.28. The van der Waals surface area contributed by atoms with E-state index >= 15 is 0 Å². The van der Waals surface area contributed by atoms with Gasteiger partial charge in [0.15, 0.2) is 18.0 Å². The summed E-state index contributed by atoms with van der Waals surface area (Å²) in [4.78, 5) is 12.3. The summed E-state index contributed by atoms with van der Waals surface area (Å²) in [7, 11) is 1.54. The Hall–Kier alpha value is -1.31. The number of carbonyl (C=O) groups excluding carboxylic acids is 1. The molecule has 6 atom stereocenters. The number of ether oxygens (including phenoxy) is 5. The predicted octanol–water partition coefficient (Wildman–Crippen LogP) is 0.636. The van der Waals surface area contributed by atoms with Gasteiger partial charge in [0, 0.05) is 7.11 Å². The van der Waals surface area contributed by atoms with Gasteiger partial charge in [-0.2, -0.15) is 0 Å². The summed E-state index contributed by atoms with van der Waals surface area (Å²) in [5.41, 5.74) is 1.03. The van der Waals surface area contributed by atoms with Crippen LogP contribution >= 0.6 is 0 Å². The standard InChI is InChI=1S/C15H16O6/c1-17-12-10-9(16)11-13(14(12)21-15(19-10)20-11)18-7-8-5-3-2-4-6-8/h2-6,10-15H,7H2,1H3/t10-,11-,12+,13-,14-,15+/m1/s1. The van der Waals surface area contributed by atoms with E-state index in [1.807, 2.05) is 30.3 Å². The molecule has 4 aliphatic rings. The molecule has 112 valence electrons. The van der Waals surface area contributed by atoms with Crippen molar-refractivity contribution >= 4 is 5.78 Å². The van der Waals surface area contributed by atoms with Crippen LogP contribution in [-0.2, 0) is 35.1 Å². The highest BCUT2D eigenvalue weighted by Gasteiger charge is 2.62. The highest BCUT2D eigenvalue weighted by molar-refractivity contribution is 5.90. The molecule has 0 amide bonds. The van der Waals surface area contributed by atoms with Crippen LogP contribution in [0.2, 0.25) is 0 Å². The smallest absolute Gasteiger partial charge is 0.273 e. The van der Waals surface area contributed by atoms with E-state index in [9.17, 15) is 4.79 Å². The molecule has 4 fully saturated rings. The van der Waals surface area contributed by atoms with Crippen LogP contribution in [0.1, 0.15) is 5.56 Å². The van der Waals surface area contributed by atoms with E-state index in [0.29, 0.717) is 6.61 Å². The number of methoxy groups -OCH3 is 1. The van der Waals surface area contributed by atoms with Gasteiger partial charge in [-0.25, -0.2) is 0 Å². The first kappa shape index (κ1) is 13.4. The van der Waals surface area contributed by atoms with Crippen molar-refractivity contribution in [3.8, 4) is 0 Å². The fourth-order valence-corrected chi connectivity index (χ4v) is 3.13. The predicted molar refractivity (Wildman–Crippen MR) is 69.2 cm³/mol. The third-order valence-electron chi connectivity index (χ3n) is 4.15. The molecule has 4 bridgehead atoms. The zero-order chi connectivity index (χ0) is 14.4. The Balaban J connectivity index is 1.53.